The topological polar surface area (TPSA) is 70.8 Å². The van der Waals surface area contributed by atoms with Gasteiger partial charge >= 0.3 is 0 Å². The highest BCUT2D eigenvalue weighted by Gasteiger charge is 2.51. The Morgan fingerprint density at radius 3 is 2.50 bits per heavy atom. The van der Waals surface area contributed by atoms with Crippen LogP contribution >= 0.6 is 11.6 Å². The minimum absolute atomic E-state index is 0.132. The van der Waals surface area contributed by atoms with E-state index in [2.05, 4.69) is 0 Å². The number of hydrogen-bond acceptors (Lipinski definition) is 4. The van der Waals surface area contributed by atoms with Gasteiger partial charge in [-0.2, -0.15) is 0 Å². The van der Waals surface area contributed by atoms with Crippen molar-refractivity contribution < 1.29 is 19.1 Å². The van der Waals surface area contributed by atoms with Crippen LogP contribution in [0.5, 0.6) is 0 Å². The first-order valence-corrected chi connectivity index (χ1v) is 9.24. The molecular formula is C22H18ClNO4. The van der Waals surface area contributed by atoms with Crippen LogP contribution in [-0.4, -0.2) is 16.8 Å². The molecule has 1 aromatic heterocycles. The number of carbonyl (C=O) groups excluding carboxylic acids is 2. The van der Waals surface area contributed by atoms with Crippen molar-refractivity contribution >= 4 is 29.0 Å². The Morgan fingerprint density at radius 2 is 1.82 bits per heavy atom. The molecule has 1 aliphatic rings. The molecule has 5 nitrogen and oxygen atoms in total. The Bertz CT molecular complexity index is 1060. The lowest BCUT2D eigenvalue weighted by Crippen LogP contribution is -2.41. The number of nitrogens with zero attached hydrogens (tertiary/aromatic N) is 1. The Hall–Kier alpha value is -2.89. The average Bonchev–Trinajstić information content (AvgIpc) is 3.20. The summed E-state index contributed by atoms with van der Waals surface area (Å²) >= 11 is 5.93. The molecular weight excluding hydrogens is 378 g/mol. The van der Waals surface area contributed by atoms with Gasteiger partial charge in [0, 0.05) is 10.6 Å². The van der Waals surface area contributed by atoms with Crippen LogP contribution in [0.15, 0.2) is 65.1 Å². The second kappa shape index (κ2) is 6.93. The molecule has 2 aromatic carbocycles. The predicted molar refractivity (Wildman–Crippen MR) is 105 cm³/mol. The molecule has 28 heavy (non-hydrogen) atoms. The molecule has 6 heteroatoms. The fourth-order valence-corrected chi connectivity index (χ4v) is 3.64. The molecule has 0 saturated heterocycles. The van der Waals surface area contributed by atoms with E-state index in [1.807, 2.05) is 12.1 Å². The minimum atomic E-state index is -1.93. The van der Waals surface area contributed by atoms with E-state index in [0.29, 0.717) is 22.0 Å². The van der Waals surface area contributed by atoms with Crippen molar-refractivity contribution in [3.63, 3.8) is 0 Å². The van der Waals surface area contributed by atoms with Gasteiger partial charge < -0.3 is 14.4 Å². The number of aliphatic hydroxyl groups is 1. The maximum absolute atomic E-state index is 13.2. The second-order valence-electron chi connectivity index (χ2n) is 6.91. The van der Waals surface area contributed by atoms with E-state index in [4.69, 9.17) is 16.0 Å². The van der Waals surface area contributed by atoms with Crippen LogP contribution in [0.25, 0.3) is 0 Å². The first kappa shape index (κ1) is 18.5. The van der Waals surface area contributed by atoms with E-state index >= 15 is 0 Å². The lowest BCUT2D eigenvalue weighted by molar-refractivity contribution is -0.136. The van der Waals surface area contributed by atoms with Crippen LogP contribution in [-0.2, 0) is 16.9 Å². The van der Waals surface area contributed by atoms with Crippen molar-refractivity contribution in [1.29, 1.82) is 0 Å². The van der Waals surface area contributed by atoms with Gasteiger partial charge in [0.1, 0.15) is 5.76 Å². The van der Waals surface area contributed by atoms with Gasteiger partial charge in [0.2, 0.25) is 5.78 Å². The molecule has 1 N–H and O–H groups in total. The van der Waals surface area contributed by atoms with Gasteiger partial charge in [-0.25, -0.2) is 0 Å². The highest BCUT2D eigenvalue weighted by Crippen LogP contribution is 2.43. The Kier molecular flexibility index (Phi) is 4.57. The second-order valence-corrected chi connectivity index (χ2v) is 7.34. The predicted octanol–water partition coefficient (Wildman–Crippen LogP) is 4.25. The maximum atomic E-state index is 13.2. The minimum Gasteiger partial charge on any atom is -0.458 e. The lowest BCUT2D eigenvalue weighted by Gasteiger charge is -2.22. The highest BCUT2D eigenvalue weighted by molar-refractivity contribution is 6.30. The largest absolute Gasteiger partial charge is 0.458 e. The molecule has 142 valence electrons. The van der Waals surface area contributed by atoms with Crippen molar-refractivity contribution in [2.24, 2.45) is 0 Å². The van der Waals surface area contributed by atoms with Crippen molar-refractivity contribution in [3.05, 3.63) is 88.3 Å². The molecule has 0 radical (unpaired) electrons. The maximum Gasteiger partial charge on any atom is 0.264 e. The zero-order valence-electron chi connectivity index (χ0n) is 15.2. The summed E-state index contributed by atoms with van der Waals surface area (Å²) in [6.45, 7) is 2.00. The van der Waals surface area contributed by atoms with Crippen LogP contribution in [0.4, 0.5) is 5.69 Å². The first-order chi connectivity index (χ1) is 13.4. The number of Topliss-reactive ketones (excluding diaryl/α,β-unsaturated/α-hetero) is 1. The van der Waals surface area contributed by atoms with Crippen LogP contribution in [0, 0.1) is 6.92 Å². The number of hydrogen-bond donors (Lipinski definition) is 1. The monoisotopic (exact) mass is 395 g/mol. The number of halogens is 1. The third kappa shape index (κ3) is 3.13. The molecule has 1 aliphatic heterocycles. The summed E-state index contributed by atoms with van der Waals surface area (Å²) in [5.41, 5.74) is -0.0513. The molecule has 1 atom stereocenters. The average molecular weight is 396 g/mol. The summed E-state index contributed by atoms with van der Waals surface area (Å²) in [5.74, 6) is -0.224. The quantitative estimate of drug-likeness (QED) is 0.655. The number of benzene rings is 2. The number of carbonyl (C=O) groups is 2. The van der Waals surface area contributed by atoms with E-state index in [-0.39, 0.29) is 18.7 Å². The van der Waals surface area contributed by atoms with Crippen molar-refractivity contribution in [2.75, 3.05) is 4.90 Å². The van der Waals surface area contributed by atoms with E-state index in [9.17, 15) is 14.7 Å². The zero-order chi connectivity index (χ0) is 19.9. The molecule has 4 rings (SSSR count). The third-order valence-electron chi connectivity index (χ3n) is 4.92. The lowest BCUT2D eigenvalue weighted by atomic mass is 9.89. The van der Waals surface area contributed by atoms with Crippen LogP contribution in [0.2, 0.25) is 5.02 Å². The number of anilines is 1. The summed E-state index contributed by atoms with van der Waals surface area (Å²) in [5, 5.41) is 11.9. The number of fused-ring (bicyclic) bond motifs is 1. The van der Waals surface area contributed by atoms with Crippen molar-refractivity contribution in [1.82, 2.24) is 0 Å². The normalized spacial score (nSPS) is 18.4. The summed E-state index contributed by atoms with van der Waals surface area (Å²) in [4.78, 5) is 27.3. The standard InChI is InChI=1S/C22H18ClNO4/c1-14-6-11-20(28-14)19(25)12-22(27)17-4-2-3-5-18(17)24(21(22)26)13-15-7-9-16(23)10-8-15/h2-11,27H,12-13H2,1H3. The molecule has 0 fully saturated rings. The smallest absolute Gasteiger partial charge is 0.264 e. The number of para-hydroxylation sites is 1. The van der Waals surface area contributed by atoms with Crippen molar-refractivity contribution in [2.45, 2.75) is 25.5 Å². The van der Waals surface area contributed by atoms with E-state index in [1.54, 1.807) is 55.5 Å². The van der Waals surface area contributed by atoms with E-state index in [1.165, 1.54) is 4.90 Å². The van der Waals surface area contributed by atoms with Gasteiger partial charge in [-0.3, -0.25) is 9.59 Å². The van der Waals surface area contributed by atoms with Gasteiger partial charge in [-0.1, -0.05) is 41.9 Å². The molecule has 1 amide bonds. The van der Waals surface area contributed by atoms with Crippen LogP contribution in [0.3, 0.4) is 0 Å². The summed E-state index contributed by atoms with van der Waals surface area (Å²) < 4.78 is 5.36. The fourth-order valence-electron chi connectivity index (χ4n) is 3.51. The Morgan fingerprint density at radius 1 is 1.11 bits per heavy atom. The summed E-state index contributed by atoms with van der Waals surface area (Å²) in [6, 6.07) is 17.4. The molecule has 1 unspecified atom stereocenters. The van der Waals surface area contributed by atoms with Gasteiger partial charge in [0.25, 0.3) is 5.91 Å². The first-order valence-electron chi connectivity index (χ1n) is 8.86. The fraction of sp³-hybridized carbons (Fsp3) is 0.182. The van der Waals surface area contributed by atoms with E-state index in [0.717, 1.165) is 5.56 Å². The zero-order valence-corrected chi connectivity index (χ0v) is 15.9. The van der Waals surface area contributed by atoms with Crippen molar-refractivity contribution in [3.8, 4) is 0 Å². The SMILES string of the molecule is Cc1ccc(C(=O)CC2(O)C(=O)N(Cc3ccc(Cl)cc3)c3ccccc32)o1. The summed E-state index contributed by atoms with van der Waals surface area (Å²) in [7, 11) is 0. The number of furan rings is 1. The van der Waals surface area contributed by atoms with Gasteiger partial charge in [0.05, 0.1) is 18.7 Å². The number of aryl methyl sites for hydroxylation is 1. The molecule has 2 heterocycles. The third-order valence-corrected chi connectivity index (χ3v) is 5.18. The van der Waals surface area contributed by atoms with Crippen LogP contribution in [0.1, 0.15) is 33.9 Å². The van der Waals surface area contributed by atoms with E-state index < -0.39 is 17.3 Å². The Balaban J connectivity index is 1.67. The molecule has 0 aliphatic carbocycles. The Labute approximate surface area is 167 Å². The van der Waals surface area contributed by atoms with Gasteiger partial charge in [-0.15, -0.1) is 0 Å². The summed E-state index contributed by atoms with van der Waals surface area (Å²) in [6.07, 6.45) is -0.382. The highest BCUT2D eigenvalue weighted by atomic mass is 35.5. The molecule has 0 saturated carbocycles. The molecule has 0 spiro atoms. The number of rotatable bonds is 5. The number of amides is 1. The molecule has 0 bridgehead atoms. The van der Waals surface area contributed by atoms with Crippen LogP contribution < -0.4 is 4.90 Å². The van der Waals surface area contributed by atoms with Gasteiger partial charge in [0.15, 0.2) is 11.4 Å². The van der Waals surface area contributed by atoms with Gasteiger partial charge in [-0.05, 0) is 42.8 Å². The molecule has 3 aromatic rings. The number of ketones is 1.